The van der Waals surface area contributed by atoms with E-state index in [1.165, 1.54) is 6.92 Å². The predicted molar refractivity (Wildman–Crippen MR) is 174 cm³/mol. The predicted octanol–water partition coefficient (Wildman–Crippen LogP) is -4.04. The van der Waals surface area contributed by atoms with Gasteiger partial charge < -0.3 is 48.3 Å². The zero-order valence-electron chi connectivity index (χ0n) is 27.8. The average Bonchev–Trinajstić information content (AvgIpc) is 3.03. The summed E-state index contributed by atoms with van der Waals surface area (Å²) in [5.41, 5.74) is 7.96. The lowest BCUT2D eigenvalue weighted by Gasteiger charge is -2.21. The lowest BCUT2D eigenvalue weighted by molar-refractivity contribution is -0.132. The van der Waals surface area contributed by atoms with Gasteiger partial charge in [0.05, 0.1) is 26.2 Å². The maximum absolute atomic E-state index is 13.2. The van der Waals surface area contributed by atoms with Crippen LogP contribution in [0.2, 0.25) is 0 Å². The number of benzene rings is 1. The first-order valence-electron chi connectivity index (χ1n) is 15.7. The number of carbonyl (C=O) groups excluding carboxylic acids is 9. The highest BCUT2D eigenvalue weighted by atomic mass is 16.2. The molecular weight excluding hydrogens is 642 g/mol. The normalized spacial score (nSPS) is 21.0. The van der Waals surface area contributed by atoms with E-state index >= 15 is 0 Å². The first kappa shape index (κ1) is 39.6. The van der Waals surface area contributed by atoms with Gasteiger partial charge in [-0.1, -0.05) is 23.8 Å². The van der Waals surface area contributed by atoms with Crippen molar-refractivity contribution >= 4 is 53.2 Å². The summed E-state index contributed by atoms with van der Waals surface area (Å²) < 4.78 is 0. The van der Waals surface area contributed by atoms with E-state index in [4.69, 9.17) is 5.73 Å². The highest BCUT2D eigenvalue weighted by Gasteiger charge is 2.26. The third-order valence-electron chi connectivity index (χ3n) is 7.35. The lowest BCUT2D eigenvalue weighted by Crippen LogP contribution is -2.54. The molecule has 49 heavy (non-hydrogen) atoms. The topological polar surface area (TPSA) is 276 Å². The van der Waals surface area contributed by atoms with Crippen LogP contribution >= 0.6 is 0 Å². The zero-order chi connectivity index (χ0) is 36.5. The maximum Gasteiger partial charge on any atom is 0.243 e. The molecule has 9 amide bonds. The van der Waals surface area contributed by atoms with Crippen molar-refractivity contribution in [3.05, 3.63) is 34.9 Å². The molecule has 1 aromatic rings. The molecule has 0 bridgehead atoms. The summed E-state index contributed by atoms with van der Waals surface area (Å²) in [6, 6.07) is 1.98. The van der Waals surface area contributed by atoms with E-state index in [1.807, 2.05) is 26.0 Å². The molecule has 3 unspecified atom stereocenters. The summed E-state index contributed by atoms with van der Waals surface area (Å²) in [6.45, 7) is 2.93. The number of primary amides is 1. The molecule has 1 aliphatic rings. The van der Waals surface area contributed by atoms with Crippen LogP contribution in [0.3, 0.4) is 0 Å². The summed E-state index contributed by atoms with van der Waals surface area (Å²) in [5, 5.41) is 19.4. The molecule has 0 saturated carbocycles. The number of rotatable bonds is 6. The van der Waals surface area contributed by atoms with Crippen LogP contribution in [0.25, 0.3) is 0 Å². The molecule has 3 atom stereocenters. The van der Waals surface area contributed by atoms with E-state index in [-0.39, 0.29) is 38.6 Å². The van der Waals surface area contributed by atoms with E-state index in [9.17, 15) is 43.2 Å². The quantitative estimate of drug-likeness (QED) is 0.141. The van der Waals surface area contributed by atoms with Gasteiger partial charge in [-0.3, -0.25) is 43.2 Å². The second-order valence-electron chi connectivity index (χ2n) is 11.5. The van der Waals surface area contributed by atoms with Gasteiger partial charge in [0.2, 0.25) is 53.2 Å². The zero-order valence-corrected chi connectivity index (χ0v) is 27.8. The first-order chi connectivity index (χ1) is 23.1. The van der Waals surface area contributed by atoms with Gasteiger partial charge in [-0.25, -0.2) is 0 Å². The highest BCUT2D eigenvalue weighted by molar-refractivity contribution is 5.95. The fraction of sp³-hybridized carbons (Fsp3) is 0.516. The van der Waals surface area contributed by atoms with Gasteiger partial charge in [-0.05, 0) is 44.2 Å². The van der Waals surface area contributed by atoms with Gasteiger partial charge in [-0.15, -0.1) is 0 Å². The molecule has 1 fully saturated rings. The number of hydrogen-bond acceptors (Lipinski definition) is 9. The number of nitrogens with two attached hydrogens (primary N) is 1. The van der Waals surface area contributed by atoms with Crippen LogP contribution < -0.4 is 48.3 Å². The van der Waals surface area contributed by atoms with Gasteiger partial charge >= 0.3 is 0 Å². The SMILES string of the molecule is CC(=O)NCC(=O)NC1CCC(=O)NCCCC(C(N)=O)NC(=O)CNC(=O)CNC(=O)C(Cc2ccc(C)cc2C)NC(=O)CNC1=O. The number of nitrogens with one attached hydrogen (secondary N) is 8. The van der Waals surface area contributed by atoms with Crippen molar-refractivity contribution in [2.24, 2.45) is 5.73 Å². The Morgan fingerprint density at radius 3 is 2.14 bits per heavy atom. The molecule has 2 rings (SSSR count). The molecule has 0 radical (unpaired) electrons. The second kappa shape index (κ2) is 20.0. The summed E-state index contributed by atoms with van der Waals surface area (Å²) in [5.74, 6) is -6.24. The minimum absolute atomic E-state index is 0.0348. The van der Waals surface area contributed by atoms with Gasteiger partial charge in [0.25, 0.3) is 0 Å². The van der Waals surface area contributed by atoms with Crippen molar-refractivity contribution in [3.8, 4) is 0 Å². The molecule has 1 aromatic carbocycles. The molecule has 1 saturated heterocycles. The Hall–Kier alpha value is -5.55. The van der Waals surface area contributed by atoms with Crippen LogP contribution in [-0.2, 0) is 49.6 Å². The number of hydrogen-bond donors (Lipinski definition) is 9. The number of amides is 9. The summed E-state index contributed by atoms with van der Waals surface area (Å²) in [4.78, 5) is 112. The van der Waals surface area contributed by atoms with Crippen LogP contribution in [0, 0.1) is 13.8 Å². The van der Waals surface area contributed by atoms with E-state index in [0.29, 0.717) is 0 Å². The minimum Gasteiger partial charge on any atom is -0.368 e. The fourth-order valence-corrected chi connectivity index (χ4v) is 4.72. The molecule has 268 valence electrons. The Labute approximate surface area is 283 Å². The summed E-state index contributed by atoms with van der Waals surface area (Å²) >= 11 is 0. The van der Waals surface area contributed by atoms with Gasteiger partial charge in [0.1, 0.15) is 18.1 Å². The van der Waals surface area contributed by atoms with Gasteiger partial charge in [-0.2, -0.15) is 0 Å². The molecule has 18 heteroatoms. The van der Waals surface area contributed by atoms with Crippen molar-refractivity contribution in [2.75, 3.05) is 32.7 Å². The van der Waals surface area contributed by atoms with Crippen LogP contribution in [-0.4, -0.2) is 104 Å². The van der Waals surface area contributed by atoms with Crippen LogP contribution in [0.1, 0.15) is 49.3 Å². The lowest BCUT2D eigenvalue weighted by atomic mass is 9.98. The molecule has 0 spiro atoms. The van der Waals surface area contributed by atoms with Gasteiger partial charge in [0.15, 0.2) is 0 Å². The third kappa shape index (κ3) is 15.3. The molecule has 1 aliphatic heterocycles. The molecule has 18 nitrogen and oxygen atoms in total. The van der Waals surface area contributed by atoms with E-state index in [2.05, 4.69) is 42.5 Å². The largest absolute Gasteiger partial charge is 0.368 e. The highest BCUT2D eigenvalue weighted by Crippen LogP contribution is 2.13. The van der Waals surface area contributed by atoms with Crippen LogP contribution in [0.5, 0.6) is 0 Å². The minimum atomic E-state index is -1.27. The van der Waals surface area contributed by atoms with Crippen molar-refractivity contribution in [2.45, 2.75) is 71.0 Å². The first-order valence-corrected chi connectivity index (χ1v) is 15.7. The molecular formula is C31H45N9O9. The number of aryl methyl sites for hydroxylation is 2. The standard InChI is InChI=1S/C31H45N9O9/c1-17-6-7-20(18(2)11-17)12-23-31(49)36-13-25(43)35-15-27(45)38-21(29(32)47)5-4-10-33-24(42)9-8-22(30(48)37-16-28(46)40-23)39-26(44)14-34-19(3)41/h6-7,11,21-23H,4-5,8-10,12-16H2,1-3H3,(H2,32,47)(H,33,42)(H,34,41)(H,35,43)(H,36,49)(H,37,48)(H,38,45)(H,39,44)(H,40,46). The van der Waals surface area contributed by atoms with E-state index < -0.39 is 97.5 Å². The monoisotopic (exact) mass is 687 g/mol. The fourth-order valence-electron chi connectivity index (χ4n) is 4.72. The average molecular weight is 688 g/mol. The Bertz CT molecular complexity index is 1430. The van der Waals surface area contributed by atoms with Crippen molar-refractivity contribution in [1.82, 2.24) is 42.5 Å². The van der Waals surface area contributed by atoms with Crippen molar-refractivity contribution in [1.29, 1.82) is 0 Å². The van der Waals surface area contributed by atoms with Crippen molar-refractivity contribution in [3.63, 3.8) is 0 Å². The third-order valence-corrected chi connectivity index (χ3v) is 7.35. The van der Waals surface area contributed by atoms with E-state index in [0.717, 1.165) is 16.7 Å². The molecule has 1 heterocycles. The Morgan fingerprint density at radius 2 is 1.47 bits per heavy atom. The van der Waals surface area contributed by atoms with Crippen molar-refractivity contribution < 1.29 is 43.2 Å². The Kier molecular flexibility index (Phi) is 16.1. The Balaban J connectivity index is 2.27. The summed E-state index contributed by atoms with van der Waals surface area (Å²) in [6.07, 6.45) is -0.0678. The smallest absolute Gasteiger partial charge is 0.243 e. The molecule has 10 N–H and O–H groups in total. The summed E-state index contributed by atoms with van der Waals surface area (Å²) in [7, 11) is 0. The molecule has 0 aliphatic carbocycles. The van der Waals surface area contributed by atoms with Crippen LogP contribution in [0.4, 0.5) is 0 Å². The van der Waals surface area contributed by atoms with Gasteiger partial charge in [0, 0.05) is 26.3 Å². The van der Waals surface area contributed by atoms with Crippen LogP contribution in [0.15, 0.2) is 18.2 Å². The van der Waals surface area contributed by atoms with E-state index in [1.54, 1.807) is 6.07 Å². The molecule has 0 aromatic heterocycles. The number of carbonyl (C=O) groups is 9. The Morgan fingerprint density at radius 1 is 0.816 bits per heavy atom. The second-order valence-corrected chi connectivity index (χ2v) is 11.5. The maximum atomic E-state index is 13.2.